The molecule has 0 radical (unpaired) electrons. The van der Waals surface area contributed by atoms with E-state index in [2.05, 4.69) is 24.1 Å². The maximum Gasteiger partial charge on any atom is 0.0589 e. The van der Waals surface area contributed by atoms with E-state index in [4.69, 9.17) is 4.74 Å². The molecule has 2 aliphatic rings. The summed E-state index contributed by atoms with van der Waals surface area (Å²) in [6, 6.07) is 0.733. The number of rotatable bonds is 6. The van der Waals surface area contributed by atoms with Gasteiger partial charge in [-0.1, -0.05) is 33.1 Å². The van der Waals surface area contributed by atoms with Gasteiger partial charge < -0.3 is 10.1 Å². The third-order valence-electron chi connectivity index (χ3n) is 5.79. The Kier molecular flexibility index (Phi) is 6.31. The van der Waals surface area contributed by atoms with E-state index in [9.17, 15) is 0 Å². The summed E-state index contributed by atoms with van der Waals surface area (Å²) >= 11 is 0. The van der Waals surface area contributed by atoms with Crippen molar-refractivity contribution < 1.29 is 4.74 Å². The van der Waals surface area contributed by atoms with Crippen LogP contribution in [0.5, 0.6) is 0 Å². The number of nitrogens with one attached hydrogen (secondary N) is 1. The van der Waals surface area contributed by atoms with Gasteiger partial charge in [0.15, 0.2) is 0 Å². The SMILES string of the molecule is CCC1(CC)CN(CCOC)C(C2CCCCC2)CN1. The minimum Gasteiger partial charge on any atom is -0.383 e. The van der Waals surface area contributed by atoms with Crippen LogP contribution >= 0.6 is 0 Å². The Labute approximate surface area is 125 Å². The molecule has 0 aromatic carbocycles. The van der Waals surface area contributed by atoms with Crippen LogP contribution in [0, 0.1) is 5.92 Å². The second-order valence-electron chi connectivity index (χ2n) is 6.80. The second kappa shape index (κ2) is 7.77. The Morgan fingerprint density at radius 3 is 2.45 bits per heavy atom. The number of piperazine rings is 1. The zero-order chi connectivity index (χ0) is 14.4. The van der Waals surface area contributed by atoms with Crippen LogP contribution in [-0.2, 0) is 4.74 Å². The number of hydrogen-bond donors (Lipinski definition) is 1. The molecule has 3 heteroatoms. The van der Waals surface area contributed by atoms with Crippen LogP contribution in [0.3, 0.4) is 0 Å². The Morgan fingerprint density at radius 1 is 1.15 bits per heavy atom. The summed E-state index contributed by atoms with van der Waals surface area (Å²) in [5, 5.41) is 3.90. The van der Waals surface area contributed by atoms with E-state index >= 15 is 0 Å². The van der Waals surface area contributed by atoms with Crippen LogP contribution in [0.15, 0.2) is 0 Å². The highest BCUT2D eigenvalue weighted by Crippen LogP contribution is 2.32. The highest BCUT2D eigenvalue weighted by Gasteiger charge is 2.39. The zero-order valence-corrected chi connectivity index (χ0v) is 13.8. The van der Waals surface area contributed by atoms with Crippen LogP contribution < -0.4 is 5.32 Å². The lowest BCUT2D eigenvalue weighted by molar-refractivity contribution is 0.0161. The molecule has 1 unspecified atom stereocenters. The molecule has 1 atom stereocenters. The quantitative estimate of drug-likeness (QED) is 0.810. The molecule has 2 fully saturated rings. The topological polar surface area (TPSA) is 24.5 Å². The lowest BCUT2D eigenvalue weighted by Gasteiger charge is -2.50. The molecule has 0 aromatic rings. The monoisotopic (exact) mass is 282 g/mol. The Bertz CT molecular complexity index is 272. The van der Waals surface area contributed by atoms with Crippen molar-refractivity contribution in [2.24, 2.45) is 5.92 Å². The van der Waals surface area contributed by atoms with Crippen LogP contribution in [0.1, 0.15) is 58.8 Å². The van der Waals surface area contributed by atoms with Crippen LogP contribution in [0.4, 0.5) is 0 Å². The van der Waals surface area contributed by atoms with Crippen LogP contribution in [0.2, 0.25) is 0 Å². The molecule has 1 aliphatic carbocycles. The third-order valence-corrected chi connectivity index (χ3v) is 5.79. The molecule has 20 heavy (non-hydrogen) atoms. The van der Waals surface area contributed by atoms with Crippen LogP contribution in [-0.4, -0.2) is 49.8 Å². The summed E-state index contributed by atoms with van der Waals surface area (Å²) in [4.78, 5) is 2.74. The fraction of sp³-hybridized carbons (Fsp3) is 1.00. The van der Waals surface area contributed by atoms with Gasteiger partial charge in [0, 0.05) is 38.3 Å². The van der Waals surface area contributed by atoms with E-state index in [0.29, 0.717) is 5.54 Å². The van der Waals surface area contributed by atoms with Gasteiger partial charge in [-0.3, -0.25) is 4.90 Å². The maximum absolute atomic E-state index is 5.35. The normalized spacial score (nSPS) is 28.6. The first-order valence-corrected chi connectivity index (χ1v) is 8.72. The van der Waals surface area contributed by atoms with Gasteiger partial charge in [0.1, 0.15) is 0 Å². The molecule has 2 rings (SSSR count). The van der Waals surface area contributed by atoms with E-state index < -0.39 is 0 Å². The Morgan fingerprint density at radius 2 is 1.85 bits per heavy atom. The Hall–Kier alpha value is -0.120. The van der Waals surface area contributed by atoms with Gasteiger partial charge in [-0.25, -0.2) is 0 Å². The van der Waals surface area contributed by atoms with E-state index in [0.717, 1.165) is 25.1 Å². The highest BCUT2D eigenvalue weighted by atomic mass is 16.5. The lowest BCUT2D eigenvalue weighted by Crippen LogP contribution is -2.65. The summed E-state index contributed by atoms with van der Waals surface area (Å²) in [6.45, 7) is 8.99. The molecule has 3 nitrogen and oxygen atoms in total. The van der Waals surface area contributed by atoms with E-state index in [-0.39, 0.29) is 0 Å². The second-order valence-corrected chi connectivity index (χ2v) is 6.80. The summed E-state index contributed by atoms with van der Waals surface area (Å²) < 4.78 is 5.35. The van der Waals surface area contributed by atoms with Gasteiger partial charge in [0.05, 0.1) is 6.61 Å². The molecule has 0 bridgehead atoms. The molecule has 1 N–H and O–H groups in total. The number of methoxy groups -OCH3 is 1. The van der Waals surface area contributed by atoms with Crippen molar-refractivity contribution in [3.63, 3.8) is 0 Å². The predicted octanol–water partition coefficient (Wildman–Crippen LogP) is 3.05. The molecule has 0 spiro atoms. The predicted molar refractivity (Wildman–Crippen MR) is 85.1 cm³/mol. The van der Waals surface area contributed by atoms with Crippen molar-refractivity contribution >= 4 is 0 Å². The largest absolute Gasteiger partial charge is 0.383 e. The summed E-state index contributed by atoms with van der Waals surface area (Å²) in [5.74, 6) is 0.903. The molecule has 1 heterocycles. The summed E-state index contributed by atoms with van der Waals surface area (Å²) in [7, 11) is 1.82. The first-order valence-electron chi connectivity index (χ1n) is 8.72. The van der Waals surface area contributed by atoms with Crippen molar-refractivity contribution in [3.8, 4) is 0 Å². The minimum absolute atomic E-state index is 0.332. The smallest absolute Gasteiger partial charge is 0.0589 e. The molecular formula is C17H34N2O. The number of ether oxygens (including phenoxy) is 1. The molecule has 1 saturated heterocycles. The fourth-order valence-electron chi connectivity index (χ4n) is 4.17. The van der Waals surface area contributed by atoms with Gasteiger partial charge in [-0.2, -0.15) is 0 Å². The van der Waals surface area contributed by atoms with Crippen molar-refractivity contribution in [3.05, 3.63) is 0 Å². The van der Waals surface area contributed by atoms with Gasteiger partial charge in [0.25, 0.3) is 0 Å². The molecule has 0 amide bonds. The van der Waals surface area contributed by atoms with Crippen LogP contribution in [0.25, 0.3) is 0 Å². The van der Waals surface area contributed by atoms with Gasteiger partial charge in [0.2, 0.25) is 0 Å². The first kappa shape index (κ1) is 16.3. The third kappa shape index (κ3) is 3.75. The average molecular weight is 282 g/mol. The zero-order valence-electron chi connectivity index (χ0n) is 13.8. The number of nitrogens with zero attached hydrogens (tertiary/aromatic N) is 1. The number of hydrogen-bond acceptors (Lipinski definition) is 3. The van der Waals surface area contributed by atoms with Crippen molar-refractivity contribution in [1.82, 2.24) is 10.2 Å². The van der Waals surface area contributed by atoms with Crippen molar-refractivity contribution in [1.29, 1.82) is 0 Å². The summed E-state index contributed by atoms with van der Waals surface area (Å²) in [6.07, 6.45) is 9.64. The fourth-order valence-corrected chi connectivity index (χ4v) is 4.17. The Balaban J connectivity index is 2.02. The van der Waals surface area contributed by atoms with Crippen molar-refractivity contribution in [2.45, 2.75) is 70.4 Å². The van der Waals surface area contributed by atoms with E-state index in [1.54, 1.807) is 0 Å². The van der Waals surface area contributed by atoms with Gasteiger partial charge in [-0.15, -0.1) is 0 Å². The van der Waals surface area contributed by atoms with Gasteiger partial charge >= 0.3 is 0 Å². The standard InChI is InChI=1S/C17H34N2O/c1-4-17(5-2)14-19(11-12-20-3)16(13-18-17)15-9-7-6-8-10-15/h15-16,18H,4-14H2,1-3H3. The average Bonchev–Trinajstić information content (AvgIpc) is 2.53. The van der Waals surface area contributed by atoms with Gasteiger partial charge in [-0.05, 0) is 31.6 Å². The van der Waals surface area contributed by atoms with Crippen molar-refractivity contribution in [2.75, 3.05) is 33.4 Å². The summed E-state index contributed by atoms with van der Waals surface area (Å²) in [5.41, 5.74) is 0.332. The molecule has 1 aliphatic heterocycles. The minimum atomic E-state index is 0.332. The van der Waals surface area contributed by atoms with E-state index in [1.165, 1.54) is 58.0 Å². The maximum atomic E-state index is 5.35. The first-order chi connectivity index (χ1) is 9.74. The highest BCUT2D eigenvalue weighted by molar-refractivity contribution is 4.98. The molecular weight excluding hydrogens is 248 g/mol. The molecule has 118 valence electrons. The lowest BCUT2D eigenvalue weighted by atomic mass is 9.79. The molecule has 1 saturated carbocycles. The van der Waals surface area contributed by atoms with E-state index in [1.807, 2.05) is 7.11 Å². The molecule has 0 aromatic heterocycles.